The SMILES string of the molecule is COc1ccc(NC(=O)[C@@H](C)OC(=O)C[C@@H](C)c2ccccc2)cc1OC. The van der Waals surface area contributed by atoms with Crippen LogP contribution in [0.4, 0.5) is 5.69 Å². The third kappa shape index (κ3) is 5.74. The number of methoxy groups -OCH3 is 2. The Labute approximate surface area is 159 Å². The second kappa shape index (κ2) is 9.62. The van der Waals surface area contributed by atoms with Gasteiger partial charge in [-0.1, -0.05) is 37.3 Å². The molecule has 0 aliphatic carbocycles. The van der Waals surface area contributed by atoms with Gasteiger partial charge in [0.1, 0.15) is 0 Å². The number of anilines is 1. The van der Waals surface area contributed by atoms with Gasteiger partial charge < -0.3 is 19.5 Å². The minimum Gasteiger partial charge on any atom is -0.493 e. The van der Waals surface area contributed by atoms with Crippen LogP contribution in [0.25, 0.3) is 0 Å². The van der Waals surface area contributed by atoms with Gasteiger partial charge in [0.25, 0.3) is 5.91 Å². The van der Waals surface area contributed by atoms with Crippen molar-refractivity contribution in [2.75, 3.05) is 19.5 Å². The van der Waals surface area contributed by atoms with E-state index in [4.69, 9.17) is 14.2 Å². The Bertz CT molecular complexity index is 775. The fraction of sp³-hybridized carbons (Fsp3) is 0.333. The molecular formula is C21H25NO5. The van der Waals surface area contributed by atoms with Crippen LogP contribution in [0.2, 0.25) is 0 Å². The van der Waals surface area contributed by atoms with Crippen LogP contribution in [0.15, 0.2) is 48.5 Å². The monoisotopic (exact) mass is 371 g/mol. The molecule has 0 bridgehead atoms. The average Bonchev–Trinajstić information content (AvgIpc) is 2.68. The Morgan fingerprint density at radius 3 is 2.26 bits per heavy atom. The molecule has 0 saturated carbocycles. The van der Waals surface area contributed by atoms with Crippen LogP contribution < -0.4 is 14.8 Å². The quantitative estimate of drug-likeness (QED) is 0.715. The number of amides is 1. The third-order valence-electron chi connectivity index (χ3n) is 4.17. The van der Waals surface area contributed by atoms with Gasteiger partial charge in [-0.3, -0.25) is 9.59 Å². The number of ether oxygens (including phenoxy) is 3. The van der Waals surface area contributed by atoms with Crippen molar-refractivity contribution in [3.63, 3.8) is 0 Å². The Morgan fingerprint density at radius 1 is 0.963 bits per heavy atom. The van der Waals surface area contributed by atoms with Crippen molar-refractivity contribution >= 4 is 17.6 Å². The summed E-state index contributed by atoms with van der Waals surface area (Å²) in [7, 11) is 3.05. The highest BCUT2D eigenvalue weighted by Crippen LogP contribution is 2.29. The van der Waals surface area contributed by atoms with E-state index in [0.29, 0.717) is 17.2 Å². The number of benzene rings is 2. The molecule has 1 amide bonds. The van der Waals surface area contributed by atoms with Gasteiger partial charge in [0.05, 0.1) is 20.6 Å². The molecule has 0 spiro atoms. The Morgan fingerprint density at radius 2 is 1.63 bits per heavy atom. The molecule has 1 N–H and O–H groups in total. The minimum absolute atomic E-state index is 0.0137. The molecule has 0 aromatic heterocycles. The summed E-state index contributed by atoms with van der Waals surface area (Å²) in [5.74, 6) is 0.241. The van der Waals surface area contributed by atoms with Crippen LogP contribution in [0, 0.1) is 0 Å². The van der Waals surface area contributed by atoms with Crippen molar-refractivity contribution in [3.8, 4) is 11.5 Å². The van der Waals surface area contributed by atoms with Crippen LogP contribution in [0.5, 0.6) is 11.5 Å². The largest absolute Gasteiger partial charge is 0.493 e. The lowest BCUT2D eigenvalue weighted by molar-refractivity contribution is -0.153. The number of hydrogen-bond acceptors (Lipinski definition) is 5. The van der Waals surface area contributed by atoms with Crippen LogP contribution in [0.3, 0.4) is 0 Å². The predicted molar refractivity (Wildman–Crippen MR) is 103 cm³/mol. The first kappa shape index (κ1) is 20.3. The van der Waals surface area contributed by atoms with Crippen molar-refractivity contribution in [1.82, 2.24) is 0 Å². The molecule has 6 nitrogen and oxygen atoms in total. The normalized spacial score (nSPS) is 12.6. The number of esters is 1. The summed E-state index contributed by atoms with van der Waals surface area (Å²) in [6, 6.07) is 14.7. The smallest absolute Gasteiger partial charge is 0.307 e. The summed E-state index contributed by atoms with van der Waals surface area (Å²) < 4.78 is 15.6. The van der Waals surface area contributed by atoms with Gasteiger partial charge in [-0.15, -0.1) is 0 Å². The van der Waals surface area contributed by atoms with Gasteiger partial charge in [-0.2, -0.15) is 0 Å². The zero-order chi connectivity index (χ0) is 19.8. The molecule has 27 heavy (non-hydrogen) atoms. The van der Waals surface area contributed by atoms with Crippen molar-refractivity contribution < 1.29 is 23.8 Å². The fourth-order valence-electron chi connectivity index (χ4n) is 2.61. The van der Waals surface area contributed by atoms with E-state index in [9.17, 15) is 9.59 Å². The molecule has 0 unspecified atom stereocenters. The van der Waals surface area contributed by atoms with Crippen molar-refractivity contribution in [2.24, 2.45) is 0 Å². The van der Waals surface area contributed by atoms with Gasteiger partial charge in [-0.05, 0) is 30.5 Å². The van der Waals surface area contributed by atoms with Gasteiger partial charge in [0.15, 0.2) is 17.6 Å². The first-order chi connectivity index (χ1) is 12.9. The minimum atomic E-state index is -0.909. The van der Waals surface area contributed by atoms with E-state index >= 15 is 0 Å². The molecule has 0 saturated heterocycles. The first-order valence-electron chi connectivity index (χ1n) is 8.72. The summed E-state index contributed by atoms with van der Waals surface area (Å²) in [4.78, 5) is 24.4. The number of hydrogen-bond donors (Lipinski definition) is 1. The summed E-state index contributed by atoms with van der Waals surface area (Å²) >= 11 is 0. The average molecular weight is 371 g/mol. The third-order valence-corrected chi connectivity index (χ3v) is 4.17. The maximum atomic E-state index is 12.3. The van der Waals surface area contributed by atoms with E-state index in [0.717, 1.165) is 5.56 Å². The molecule has 2 aromatic carbocycles. The highest BCUT2D eigenvalue weighted by Gasteiger charge is 2.20. The van der Waals surface area contributed by atoms with Crippen molar-refractivity contribution in [3.05, 3.63) is 54.1 Å². The highest BCUT2D eigenvalue weighted by molar-refractivity contribution is 5.95. The Hall–Kier alpha value is -3.02. The Kier molecular flexibility index (Phi) is 7.23. The van der Waals surface area contributed by atoms with Crippen molar-refractivity contribution in [2.45, 2.75) is 32.3 Å². The van der Waals surface area contributed by atoms with Crippen LogP contribution in [0.1, 0.15) is 31.7 Å². The van der Waals surface area contributed by atoms with E-state index < -0.39 is 18.0 Å². The molecule has 0 aliphatic rings. The molecule has 2 aromatic rings. The number of carbonyl (C=O) groups is 2. The molecule has 2 rings (SSSR count). The maximum absolute atomic E-state index is 12.3. The van der Waals surface area contributed by atoms with Crippen LogP contribution >= 0.6 is 0 Å². The van der Waals surface area contributed by atoms with E-state index in [1.165, 1.54) is 14.2 Å². The van der Waals surface area contributed by atoms with E-state index in [-0.39, 0.29) is 12.3 Å². The van der Waals surface area contributed by atoms with Gasteiger partial charge in [0, 0.05) is 11.8 Å². The summed E-state index contributed by atoms with van der Waals surface area (Å²) in [6.07, 6.45) is -0.702. The summed E-state index contributed by atoms with van der Waals surface area (Å²) in [6.45, 7) is 3.49. The lowest BCUT2D eigenvalue weighted by atomic mass is 9.98. The molecule has 144 valence electrons. The second-order valence-electron chi connectivity index (χ2n) is 6.21. The molecular weight excluding hydrogens is 346 g/mol. The number of carbonyl (C=O) groups excluding carboxylic acids is 2. The van der Waals surface area contributed by atoms with E-state index in [1.807, 2.05) is 37.3 Å². The Balaban J connectivity index is 1.90. The number of nitrogens with one attached hydrogen (secondary N) is 1. The lowest BCUT2D eigenvalue weighted by Gasteiger charge is -2.16. The zero-order valence-electron chi connectivity index (χ0n) is 16.0. The molecule has 2 atom stereocenters. The first-order valence-corrected chi connectivity index (χ1v) is 8.72. The highest BCUT2D eigenvalue weighted by atomic mass is 16.5. The topological polar surface area (TPSA) is 73.9 Å². The van der Waals surface area contributed by atoms with Crippen molar-refractivity contribution in [1.29, 1.82) is 0 Å². The van der Waals surface area contributed by atoms with E-state index in [2.05, 4.69) is 5.32 Å². The maximum Gasteiger partial charge on any atom is 0.307 e. The summed E-state index contributed by atoms with van der Waals surface area (Å²) in [5, 5.41) is 2.71. The zero-order valence-corrected chi connectivity index (χ0v) is 16.0. The molecule has 6 heteroatoms. The lowest BCUT2D eigenvalue weighted by Crippen LogP contribution is -2.30. The molecule has 0 radical (unpaired) electrons. The second-order valence-corrected chi connectivity index (χ2v) is 6.21. The van der Waals surface area contributed by atoms with E-state index in [1.54, 1.807) is 25.1 Å². The van der Waals surface area contributed by atoms with Gasteiger partial charge in [0.2, 0.25) is 0 Å². The molecule has 0 aliphatic heterocycles. The molecule has 0 fully saturated rings. The van der Waals surface area contributed by atoms with Crippen LogP contribution in [-0.4, -0.2) is 32.2 Å². The van der Waals surface area contributed by atoms with Crippen LogP contribution in [-0.2, 0) is 14.3 Å². The number of rotatable bonds is 8. The fourth-order valence-corrected chi connectivity index (χ4v) is 2.61. The standard InChI is InChI=1S/C21H25NO5/c1-14(16-8-6-5-7-9-16)12-20(23)27-15(2)21(24)22-17-10-11-18(25-3)19(13-17)26-4/h5-11,13-15H,12H2,1-4H3,(H,22,24)/t14-,15-/m1/s1. The van der Waals surface area contributed by atoms with Gasteiger partial charge >= 0.3 is 5.97 Å². The summed E-state index contributed by atoms with van der Waals surface area (Å²) in [5.41, 5.74) is 1.58. The van der Waals surface area contributed by atoms with Gasteiger partial charge in [-0.25, -0.2) is 0 Å². The molecule has 0 heterocycles. The predicted octanol–water partition coefficient (Wildman–Crippen LogP) is 3.77.